The number of hydrogen-bond acceptors (Lipinski definition) is 0. The van der Waals surface area contributed by atoms with Crippen molar-refractivity contribution in [2.75, 3.05) is 0 Å². The molecule has 0 heterocycles. The maximum Gasteiger partial charge on any atom is 1.00 e. The van der Waals surface area contributed by atoms with Crippen molar-refractivity contribution in [2.24, 2.45) is 0 Å². The number of halogens is 6. The third-order valence-corrected chi connectivity index (χ3v) is 0. The van der Waals surface area contributed by atoms with E-state index >= 15 is 0 Å². The first-order valence-corrected chi connectivity index (χ1v) is 17.6. The van der Waals surface area contributed by atoms with E-state index in [4.69, 9.17) is 56.5 Å². The SMILES string of the molecule is O.O.O.O.[Cl][Pt-2]([Cl])([Cl])([Cl])([Cl])[Cl].[Na+].[Na+]. The molecule has 0 fully saturated rings. The summed E-state index contributed by atoms with van der Waals surface area (Å²) >= 11 is 0. The zero-order valence-electron chi connectivity index (χ0n) is 6.58. The number of hydrogen-bond donors (Lipinski definition) is 0. The van der Waals surface area contributed by atoms with Gasteiger partial charge in [-0.15, -0.1) is 0 Å². The minimum absolute atomic E-state index is 0. The van der Waals surface area contributed by atoms with Crippen LogP contribution in [0.5, 0.6) is 0 Å². The van der Waals surface area contributed by atoms with Crippen LogP contribution in [-0.2, 0) is 7.31 Å². The molecule has 0 aliphatic heterocycles. The summed E-state index contributed by atoms with van der Waals surface area (Å²) in [7, 11) is 25.0. The predicted octanol–water partition coefficient (Wildman–Crippen LogP) is -5.16. The summed E-state index contributed by atoms with van der Waals surface area (Å²) in [6, 6.07) is 0. The van der Waals surface area contributed by atoms with E-state index < -0.39 is 7.31 Å². The van der Waals surface area contributed by atoms with E-state index in [1.807, 2.05) is 0 Å². The second kappa shape index (κ2) is 10.2. The molecule has 0 aromatic heterocycles. The van der Waals surface area contributed by atoms with Crippen molar-refractivity contribution >= 4 is 56.5 Å². The van der Waals surface area contributed by atoms with Crippen molar-refractivity contribution in [1.82, 2.24) is 0 Å². The van der Waals surface area contributed by atoms with Gasteiger partial charge in [0.2, 0.25) is 0 Å². The molecular formula is H8Cl6Na2O4Pt. The Bertz CT molecular complexity index is 81.2. The summed E-state index contributed by atoms with van der Waals surface area (Å²) in [5, 5.41) is 0. The van der Waals surface area contributed by atoms with Crippen LogP contribution in [0.2, 0.25) is 0 Å². The molecular weight excluding hydrogens is 518 g/mol. The summed E-state index contributed by atoms with van der Waals surface area (Å²) in [5.41, 5.74) is 0. The first-order chi connectivity index (χ1) is 2.45. The van der Waals surface area contributed by atoms with Gasteiger partial charge in [0.25, 0.3) is 0 Å². The molecule has 0 saturated carbocycles. The molecule has 0 aliphatic rings. The summed E-state index contributed by atoms with van der Waals surface area (Å²) in [6.45, 7) is 0. The van der Waals surface area contributed by atoms with Crippen molar-refractivity contribution in [3.63, 3.8) is 0 Å². The van der Waals surface area contributed by atoms with Gasteiger partial charge in [0.15, 0.2) is 0 Å². The van der Waals surface area contributed by atoms with Gasteiger partial charge < -0.3 is 21.9 Å². The van der Waals surface area contributed by atoms with E-state index in [0.717, 1.165) is 0 Å². The maximum absolute atomic E-state index is 5.29. The Hall–Kier alpha value is 4.27. The Morgan fingerprint density at radius 3 is 0.462 bits per heavy atom. The minimum Gasteiger partial charge on any atom is 1.00 e. The average Bonchev–Trinajstić information content (AvgIpc) is 0.592. The fraction of sp³-hybridized carbons (Fsp3) is 0. The van der Waals surface area contributed by atoms with Gasteiger partial charge in [0, 0.05) is 0 Å². The molecule has 4 nitrogen and oxygen atoms in total. The van der Waals surface area contributed by atoms with E-state index in [1.54, 1.807) is 0 Å². The van der Waals surface area contributed by atoms with E-state index in [2.05, 4.69) is 0 Å². The molecule has 0 bridgehead atoms. The molecule has 0 atom stereocenters. The standard InChI is InChI=1S/6ClH.2Na.4H2O.Pt/h6*1H;;;4*1H2;/q;;;;;;2*+1;;;;;+4/p-6. The molecule has 0 aromatic carbocycles. The van der Waals surface area contributed by atoms with Crippen LogP contribution in [0, 0.1) is 0 Å². The second-order valence-electron chi connectivity index (χ2n) is 0.678. The maximum atomic E-state index is 5.05. The average molecular weight is 526 g/mol. The minimum atomic E-state index is -5.29. The van der Waals surface area contributed by atoms with Crippen molar-refractivity contribution in [3.8, 4) is 0 Å². The molecule has 0 amide bonds. The van der Waals surface area contributed by atoms with Gasteiger partial charge in [-0.2, -0.15) is 0 Å². The molecule has 0 spiro atoms. The second-order valence-corrected chi connectivity index (χ2v) is 49.9. The molecule has 86 valence electrons. The zero-order chi connectivity index (χ0) is 6.41. The Morgan fingerprint density at radius 2 is 0.462 bits per heavy atom. The first kappa shape index (κ1) is 43.3. The first-order valence-electron chi connectivity index (χ1n) is 0.717. The Kier molecular flexibility index (Phi) is 34.1. The molecule has 0 radical (unpaired) electrons. The summed E-state index contributed by atoms with van der Waals surface area (Å²) in [5.74, 6) is 0. The van der Waals surface area contributed by atoms with Gasteiger partial charge >= 0.3 is 123 Å². The van der Waals surface area contributed by atoms with Crippen molar-refractivity contribution in [2.45, 2.75) is 0 Å². The molecule has 13 heavy (non-hydrogen) atoms. The molecule has 0 rings (SSSR count). The van der Waals surface area contributed by atoms with Gasteiger partial charge in [-0.1, -0.05) is 0 Å². The number of rotatable bonds is 0. The van der Waals surface area contributed by atoms with Gasteiger partial charge in [0.1, 0.15) is 0 Å². The van der Waals surface area contributed by atoms with Crippen molar-refractivity contribution in [1.29, 1.82) is 0 Å². The molecule has 0 unspecified atom stereocenters. The zero-order valence-corrected chi connectivity index (χ0v) is 17.4. The van der Waals surface area contributed by atoms with Crippen LogP contribution in [0.15, 0.2) is 0 Å². The van der Waals surface area contributed by atoms with Crippen LogP contribution >= 0.6 is 56.5 Å². The van der Waals surface area contributed by atoms with Gasteiger partial charge in [-0.3, -0.25) is 0 Å². The van der Waals surface area contributed by atoms with E-state index in [9.17, 15) is 0 Å². The van der Waals surface area contributed by atoms with Crippen LogP contribution in [0.1, 0.15) is 0 Å². The summed E-state index contributed by atoms with van der Waals surface area (Å²) < 4.78 is 0. The molecule has 0 aliphatic carbocycles. The summed E-state index contributed by atoms with van der Waals surface area (Å²) in [4.78, 5) is 0. The fourth-order valence-corrected chi connectivity index (χ4v) is 0. The predicted molar refractivity (Wildman–Crippen MR) is 49.6 cm³/mol. The molecule has 8 N–H and O–H groups in total. The quantitative estimate of drug-likeness (QED) is 0.281. The van der Waals surface area contributed by atoms with Gasteiger partial charge in [-0.25, -0.2) is 0 Å². The van der Waals surface area contributed by atoms with Crippen molar-refractivity contribution < 1.29 is 88.3 Å². The van der Waals surface area contributed by atoms with Crippen LogP contribution in [-0.4, -0.2) is 21.9 Å². The van der Waals surface area contributed by atoms with Crippen LogP contribution in [0.3, 0.4) is 0 Å². The van der Waals surface area contributed by atoms with E-state index in [-0.39, 0.29) is 81.0 Å². The van der Waals surface area contributed by atoms with E-state index in [1.165, 1.54) is 0 Å². The van der Waals surface area contributed by atoms with Gasteiger partial charge in [0.05, 0.1) is 0 Å². The topological polar surface area (TPSA) is 126 Å². The molecule has 0 aromatic rings. The fourth-order valence-electron chi connectivity index (χ4n) is 0. The Labute approximate surface area is 142 Å². The third kappa shape index (κ3) is 182. The van der Waals surface area contributed by atoms with Gasteiger partial charge in [-0.05, 0) is 0 Å². The monoisotopic (exact) mass is 523 g/mol. The molecule has 0 saturated heterocycles. The largest absolute Gasteiger partial charge is 1.00 e. The Balaban J connectivity index is -0.0000000120. The van der Waals surface area contributed by atoms with E-state index in [0.29, 0.717) is 0 Å². The summed E-state index contributed by atoms with van der Waals surface area (Å²) in [6.07, 6.45) is 0. The molecule has 13 heteroatoms. The van der Waals surface area contributed by atoms with Crippen LogP contribution in [0.4, 0.5) is 0 Å². The normalized spacial score (nSPS) is 12.5. The van der Waals surface area contributed by atoms with Crippen LogP contribution < -0.4 is 59.1 Å². The third-order valence-electron chi connectivity index (χ3n) is 0. The Morgan fingerprint density at radius 1 is 0.462 bits per heavy atom. The smallest absolute Gasteiger partial charge is 1.00 e. The van der Waals surface area contributed by atoms with Crippen molar-refractivity contribution in [3.05, 3.63) is 0 Å². The van der Waals surface area contributed by atoms with Crippen LogP contribution in [0.25, 0.3) is 0 Å².